The molecule has 0 spiro atoms. The van der Waals surface area contributed by atoms with E-state index in [0.717, 1.165) is 32.0 Å². The fraction of sp³-hybridized carbons (Fsp3) is 0.174. The molecule has 9 heteroatoms. The predicted molar refractivity (Wildman–Crippen MR) is 122 cm³/mol. The zero-order chi connectivity index (χ0) is 22.1. The molecule has 3 heterocycles. The average molecular weight is 433 g/mol. The smallest absolute Gasteiger partial charge is 0.229 e. The molecule has 0 radical (unpaired) electrons. The molecule has 4 aromatic rings. The summed E-state index contributed by atoms with van der Waals surface area (Å²) in [6.07, 6.45) is 1.70. The van der Waals surface area contributed by atoms with E-state index in [9.17, 15) is 8.78 Å². The van der Waals surface area contributed by atoms with Crippen LogP contribution in [0.2, 0.25) is 0 Å². The van der Waals surface area contributed by atoms with Crippen LogP contribution in [-0.4, -0.2) is 41.1 Å². The number of pyridine rings is 1. The fourth-order valence-corrected chi connectivity index (χ4v) is 3.86. The van der Waals surface area contributed by atoms with Crippen molar-refractivity contribution in [3.05, 3.63) is 66.4 Å². The number of nitrogens with one attached hydrogen (secondary N) is 2. The van der Waals surface area contributed by atoms with E-state index in [1.165, 1.54) is 18.2 Å². The second kappa shape index (κ2) is 8.35. The summed E-state index contributed by atoms with van der Waals surface area (Å²) in [5.41, 5.74) is 7.34. The van der Waals surface area contributed by atoms with Crippen molar-refractivity contribution in [3.8, 4) is 11.1 Å². The molecule has 0 saturated carbocycles. The Morgan fingerprint density at radius 1 is 0.938 bits per heavy atom. The van der Waals surface area contributed by atoms with Gasteiger partial charge in [0, 0.05) is 37.1 Å². The molecule has 1 fully saturated rings. The lowest BCUT2D eigenvalue weighted by Gasteiger charge is -2.28. The van der Waals surface area contributed by atoms with Gasteiger partial charge in [0.2, 0.25) is 5.95 Å². The van der Waals surface area contributed by atoms with Gasteiger partial charge in [0.15, 0.2) is 0 Å². The quantitative estimate of drug-likeness (QED) is 0.452. The highest BCUT2D eigenvalue weighted by molar-refractivity contribution is 5.99. The summed E-state index contributed by atoms with van der Waals surface area (Å²) in [5, 5.41) is 6.92. The summed E-state index contributed by atoms with van der Waals surface area (Å²) in [7, 11) is 0. The number of fused-ring (bicyclic) bond motifs is 1. The summed E-state index contributed by atoms with van der Waals surface area (Å²) in [6, 6.07) is 12.6. The van der Waals surface area contributed by atoms with Gasteiger partial charge in [-0.3, -0.25) is 0 Å². The molecule has 1 aliphatic heterocycles. The van der Waals surface area contributed by atoms with E-state index in [4.69, 9.17) is 5.73 Å². The van der Waals surface area contributed by atoms with E-state index in [1.54, 1.807) is 24.4 Å². The third-order valence-electron chi connectivity index (χ3n) is 5.43. The third kappa shape index (κ3) is 3.78. The minimum Gasteiger partial charge on any atom is -0.383 e. The van der Waals surface area contributed by atoms with Crippen LogP contribution in [0.25, 0.3) is 22.0 Å². The first-order valence-corrected chi connectivity index (χ1v) is 10.3. The van der Waals surface area contributed by atoms with Gasteiger partial charge in [-0.25, -0.2) is 18.7 Å². The Bertz CT molecular complexity index is 1250. The van der Waals surface area contributed by atoms with Gasteiger partial charge >= 0.3 is 0 Å². The number of benzene rings is 2. The highest BCUT2D eigenvalue weighted by atomic mass is 19.1. The first-order valence-electron chi connectivity index (χ1n) is 10.3. The first kappa shape index (κ1) is 20.1. The molecule has 5 rings (SSSR count). The maximum atomic E-state index is 14.5. The number of para-hydroxylation sites is 1. The Hall–Kier alpha value is -3.85. The monoisotopic (exact) mass is 433 g/mol. The number of nitrogens with zero attached hydrogens (tertiary/aromatic N) is 4. The van der Waals surface area contributed by atoms with Gasteiger partial charge in [0.05, 0.1) is 23.0 Å². The Labute approximate surface area is 183 Å². The number of nitrogens with two attached hydrogens (primary N) is 1. The maximum Gasteiger partial charge on any atom is 0.229 e. The van der Waals surface area contributed by atoms with Gasteiger partial charge < -0.3 is 21.3 Å². The maximum absolute atomic E-state index is 14.5. The summed E-state index contributed by atoms with van der Waals surface area (Å²) in [6.45, 7) is 3.66. The Kier molecular flexibility index (Phi) is 5.24. The van der Waals surface area contributed by atoms with Crippen LogP contribution < -0.4 is 21.3 Å². The minimum absolute atomic E-state index is 0.149. The van der Waals surface area contributed by atoms with Crippen molar-refractivity contribution in [2.24, 2.45) is 0 Å². The zero-order valence-electron chi connectivity index (χ0n) is 17.1. The van der Waals surface area contributed by atoms with E-state index in [-0.39, 0.29) is 17.3 Å². The molecule has 0 unspecified atom stereocenters. The zero-order valence-corrected chi connectivity index (χ0v) is 17.1. The Morgan fingerprint density at radius 3 is 2.41 bits per heavy atom. The van der Waals surface area contributed by atoms with E-state index in [2.05, 4.69) is 30.5 Å². The number of halogens is 2. The van der Waals surface area contributed by atoms with Gasteiger partial charge in [-0.2, -0.15) is 4.98 Å². The Morgan fingerprint density at radius 2 is 1.69 bits per heavy atom. The number of piperazine rings is 1. The van der Waals surface area contributed by atoms with Gasteiger partial charge in [0.1, 0.15) is 23.3 Å². The van der Waals surface area contributed by atoms with Crippen LogP contribution in [0.5, 0.6) is 0 Å². The number of nitrogen functional groups attached to an aromatic ring is 1. The molecule has 1 aliphatic rings. The molecule has 0 amide bonds. The van der Waals surface area contributed by atoms with E-state index >= 15 is 0 Å². The van der Waals surface area contributed by atoms with Crippen LogP contribution >= 0.6 is 0 Å². The molecular formula is C23H21F2N7. The topological polar surface area (TPSA) is 92.0 Å². The summed E-state index contributed by atoms with van der Waals surface area (Å²) in [5.74, 6) is -0.0143. The van der Waals surface area contributed by atoms with Crippen LogP contribution in [-0.2, 0) is 0 Å². The SMILES string of the molecule is Nc1nc(Nc2ccc(N3CCNCC3)nc2)nc2c(-c3c(F)cccc3F)cccc12. The van der Waals surface area contributed by atoms with Crippen molar-refractivity contribution in [2.75, 3.05) is 42.1 Å². The molecular weight excluding hydrogens is 412 g/mol. The van der Waals surface area contributed by atoms with Crippen molar-refractivity contribution in [1.82, 2.24) is 20.3 Å². The summed E-state index contributed by atoms with van der Waals surface area (Å²) >= 11 is 0. The van der Waals surface area contributed by atoms with Crippen molar-refractivity contribution in [3.63, 3.8) is 0 Å². The second-order valence-electron chi connectivity index (χ2n) is 7.50. The lowest BCUT2D eigenvalue weighted by atomic mass is 10.0. The van der Waals surface area contributed by atoms with Crippen molar-refractivity contribution in [1.29, 1.82) is 0 Å². The predicted octanol–water partition coefficient (Wildman–Crippen LogP) is 3.71. The van der Waals surface area contributed by atoms with Gasteiger partial charge in [-0.05, 0) is 30.3 Å². The number of aromatic nitrogens is 3. The van der Waals surface area contributed by atoms with Crippen molar-refractivity contribution >= 4 is 34.2 Å². The van der Waals surface area contributed by atoms with E-state index in [1.807, 2.05) is 12.1 Å². The Balaban J connectivity index is 1.50. The second-order valence-corrected chi connectivity index (χ2v) is 7.50. The van der Waals surface area contributed by atoms with Crippen molar-refractivity contribution in [2.45, 2.75) is 0 Å². The highest BCUT2D eigenvalue weighted by Crippen LogP contribution is 2.34. The highest BCUT2D eigenvalue weighted by Gasteiger charge is 2.17. The van der Waals surface area contributed by atoms with Gasteiger partial charge in [-0.15, -0.1) is 0 Å². The molecule has 7 nitrogen and oxygen atoms in total. The molecule has 4 N–H and O–H groups in total. The number of anilines is 4. The van der Waals surface area contributed by atoms with Crippen molar-refractivity contribution < 1.29 is 8.78 Å². The molecule has 2 aromatic heterocycles. The lowest BCUT2D eigenvalue weighted by Crippen LogP contribution is -2.43. The normalized spacial score (nSPS) is 14.0. The molecule has 32 heavy (non-hydrogen) atoms. The standard InChI is InChI=1S/C23H21F2N7/c24-17-5-2-6-18(25)20(17)15-3-1-4-16-21(15)30-23(31-22(16)26)29-14-7-8-19(28-13-14)32-11-9-27-10-12-32/h1-8,13,27H,9-12H2,(H3,26,29,30,31). The largest absolute Gasteiger partial charge is 0.383 e. The molecule has 0 atom stereocenters. The van der Waals surface area contributed by atoms with Gasteiger partial charge in [0.25, 0.3) is 0 Å². The van der Waals surface area contributed by atoms with Gasteiger partial charge in [-0.1, -0.05) is 18.2 Å². The average Bonchev–Trinajstić information content (AvgIpc) is 2.80. The van der Waals surface area contributed by atoms with E-state index in [0.29, 0.717) is 22.2 Å². The number of rotatable bonds is 4. The molecule has 2 aromatic carbocycles. The lowest BCUT2D eigenvalue weighted by molar-refractivity contribution is 0.585. The third-order valence-corrected chi connectivity index (χ3v) is 5.43. The van der Waals surface area contributed by atoms with E-state index < -0.39 is 11.6 Å². The number of hydrogen-bond donors (Lipinski definition) is 3. The summed E-state index contributed by atoms with van der Waals surface area (Å²) in [4.78, 5) is 15.6. The number of hydrogen-bond acceptors (Lipinski definition) is 7. The van der Waals surface area contributed by atoms with Crippen LogP contribution in [0.4, 0.5) is 32.1 Å². The van der Waals surface area contributed by atoms with Crippen LogP contribution in [0.3, 0.4) is 0 Å². The van der Waals surface area contributed by atoms with Crippen LogP contribution in [0, 0.1) is 11.6 Å². The van der Waals surface area contributed by atoms with Crippen LogP contribution in [0.1, 0.15) is 0 Å². The summed E-state index contributed by atoms with van der Waals surface area (Å²) < 4.78 is 28.9. The minimum atomic E-state index is -0.670. The fourth-order valence-electron chi connectivity index (χ4n) is 3.86. The molecule has 0 aliphatic carbocycles. The van der Waals surface area contributed by atoms with Crippen LogP contribution in [0.15, 0.2) is 54.7 Å². The molecule has 162 valence electrons. The molecule has 1 saturated heterocycles. The first-order chi connectivity index (χ1) is 15.6. The molecule has 0 bridgehead atoms.